The number of anilines is 2. The van der Waals surface area contributed by atoms with Gasteiger partial charge < -0.3 is 25.8 Å². The van der Waals surface area contributed by atoms with Crippen molar-refractivity contribution < 1.29 is 19.1 Å². The summed E-state index contributed by atoms with van der Waals surface area (Å²) >= 11 is 0. The van der Waals surface area contributed by atoms with Gasteiger partial charge in [-0.05, 0) is 37.1 Å². The summed E-state index contributed by atoms with van der Waals surface area (Å²) in [7, 11) is 1.52. The summed E-state index contributed by atoms with van der Waals surface area (Å²) in [6.45, 7) is 0.923. The molecule has 0 spiro atoms. The Bertz CT molecular complexity index is 523. The van der Waals surface area contributed by atoms with Gasteiger partial charge in [-0.2, -0.15) is 0 Å². The predicted molar refractivity (Wildman–Crippen MR) is 87.1 cm³/mol. The summed E-state index contributed by atoms with van der Waals surface area (Å²) in [4.78, 5) is 23.8. The molecule has 7 nitrogen and oxygen atoms in total. The number of nitrogens with one attached hydrogen (secondary N) is 2. The molecule has 1 aliphatic rings. The zero-order valence-electron chi connectivity index (χ0n) is 13.2. The third kappa shape index (κ3) is 5.31. The Morgan fingerprint density at radius 1 is 1.30 bits per heavy atom. The number of rotatable bonds is 7. The molecule has 1 fully saturated rings. The van der Waals surface area contributed by atoms with Crippen LogP contribution in [0, 0.1) is 0 Å². The fraction of sp³-hybridized carbons (Fsp3) is 0.500. The number of hydrogen-bond acceptors (Lipinski definition) is 5. The van der Waals surface area contributed by atoms with Crippen LogP contribution in [-0.4, -0.2) is 44.3 Å². The first kappa shape index (κ1) is 17.4. The lowest BCUT2D eigenvalue weighted by atomic mass is 10.2. The minimum absolute atomic E-state index is 0.134. The normalized spacial score (nSPS) is 18.4. The molecule has 4 N–H and O–H groups in total. The molecule has 126 valence electrons. The first-order valence-corrected chi connectivity index (χ1v) is 7.67. The van der Waals surface area contributed by atoms with Crippen LogP contribution in [0.5, 0.6) is 0 Å². The van der Waals surface area contributed by atoms with Crippen LogP contribution in [0.25, 0.3) is 0 Å². The molecule has 0 aromatic heterocycles. The highest BCUT2D eigenvalue weighted by Gasteiger charge is 2.23. The van der Waals surface area contributed by atoms with E-state index in [0.29, 0.717) is 18.0 Å². The summed E-state index contributed by atoms with van der Waals surface area (Å²) in [6, 6.07) is 6.93. The summed E-state index contributed by atoms with van der Waals surface area (Å²) in [6.07, 6.45) is 1.21. The minimum atomic E-state index is -0.364. The second-order valence-corrected chi connectivity index (χ2v) is 5.41. The zero-order chi connectivity index (χ0) is 16.7. The summed E-state index contributed by atoms with van der Waals surface area (Å²) in [5.41, 5.74) is 6.80. The number of nitrogens with two attached hydrogens (primary N) is 1. The second-order valence-electron chi connectivity index (χ2n) is 5.41. The molecule has 23 heavy (non-hydrogen) atoms. The first-order chi connectivity index (χ1) is 11.1. The molecule has 1 aliphatic heterocycles. The van der Waals surface area contributed by atoms with E-state index in [9.17, 15) is 9.59 Å². The average molecular weight is 321 g/mol. The molecule has 0 aliphatic carbocycles. The van der Waals surface area contributed by atoms with Crippen molar-refractivity contribution in [3.05, 3.63) is 24.3 Å². The van der Waals surface area contributed by atoms with Crippen LogP contribution in [-0.2, 0) is 19.1 Å². The van der Waals surface area contributed by atoms with E-state index in [0.717, 1.165) is 12.8 Å². The van der Waals surface area contributed by atoms with Gasteiger partial charge in [0.15, 0.2) is 0 Å². The molecular formula is C16H23N3O4. The number of carbonyl (C=O) groups excluding carboxylic acids is 2. The van der Waals surface area contributed by atoms with Crippen molar-refractivity contribution in [3.63, 3.8) is 0 Å². The number of benzene rings is 1. The van der Waals surface area contributed by atoms with E-state index < -0.39 is 0 Å². The molecule has 1 saturated heterocycles. The highest BCUT2D eigenvalue weighted by Crippen LogP contribution is 2.17. The highest BCUT2D eigenvalue weighted by molar-refractivity contribution is 5.95. The lowest BCUT2D eigenvalue weighted by molar-refractivity contribution is -0.124. The maximum absolute atomic E-state index is 11.9. The average Bonchev–Trinajstić information content (AvgIpc) is 3.09. The van der Waals surface area contributed by atoms with Crippen molar-refractivity contribution in [1.29, 1.82) is 0 Å². The number of ether oxygens (including phenoxy) is 2. The molecule has 2 atom stereocenters. The van der Waals surface area contributed by atoms with E-state index in [1.54, 1.807) is 24.3 Å². The van der Waals surface area contributed by atoms with Crippen LogP contribution in [0.4, 0.5) is 11.4 Å². The summed E-state index contributed by atoms with van der Waals surface area (Å²) < 4.78 is 10.4. The van der Waals surface area contributed by atoms with E-state index in [-0.39, 0.29) is 37.0 Å². The van der Waals surface area contributed by atoms with E-state index in [1.807, 2.05) is 0 Å². The van der Waals surface area contributed by atoms with E-state index in [1.165, 1.54) is 7.11 Å². The van der Waals surface area contributed by atoms with Crippen LogP contribution in [0.1, 0.15) is 19.3 Å². The Morgan fingerprint density at radius 2 is 1.96 bits per heavy atom. The van der Waals surface area contributed by atoms with Crippen molar-refractivity contribution in [1.82, 2.24) is 0 Å². The molecule has 2 rings (SSSR count). The van der Waals surface area contributed by atoms with Gasteiger partial charge >= 0.3 is 0 Å². The molecule has 7 heteroatoms. The first-order valence-electron chi connectivity index (χ1n) is 7.67. The quantitative estimate of drug-likeness (QED) is 0.698. The topological polar surface area (TPSA) is 103 Å². The van der Waals surface area contributed by atoms with Crippen LogP contribution >= 0.6 is 0 Å². The van der Waals surface area contributed by atoms with Crippen LogP contribution in [0.15, 0.2) is 24.3 Å². The van der Waals surface area contributed by atoms with Crippen LogP contribution < -0.4 is 16.4 Å². The number of methoxy groups -OCH3 is 1. The number of amides is 2. The van der Waals surface area contributed by atoms with Gasteiger partial charge in [-0.3, -0.25) is 9.59 Å². The smallest absolute Gasteiger partial charge is 0.253 e. The molecular weight excluding hydrogens is 298 g/mol. The molecule has 1 aromatic carbocycles. The lowest BCUT2D eigenvalue weighted by Crippen LogP contribution is -2.28. The van der Waals surface area contributed by atoms with Crippen molar-refractivity contribution >= 4 is 23.2 Å². The van der Waals surface area contributed by atoms with Gasteiger partial charge in [-0.1, -0.05) is 0 Å². The standard InChI is InChI=1S/C16H23N3O4/c1-22-13(10-17)9-15(20)18-11-4-6-12(7-5-11)19-16(21)14-3-2-8-23-14/h4-7,13-14H,2-3,8-10,17H2,1H3,(H,18,20)(H,19,21). The van der Waals surface area contributed by atoms with E-state index in [4.69, 9.17) is 15.2 Å². The van der Waals surface area contributed by atoms with Gasteiger partial charge in [0.25, 0.3) is 5.91 Å². The molecule has 0 bridgehead atoms. The molecule has 1 heterocycles. The van der Waals surface area contributed by atoms with Crippen molar-refractivity contribution in [2.75, 3.05) is 30.9 Å². The largest absolute Gasteiger partial charge is 0.380 e. The summed E-state index contributed by atoms with van der Waals surface area (Å²) in [5, 5.41) is 5.57. The SMILES string of the molecule is COC(CN)CC(=O)Nc1ccc(NC(=O)C2CCCO2)cc1. The van der Waals surface area contributed by atoms with Gasteiger partial charge in [-0.15, -0.1) is 0 Å². The minimum Gasteiger partial charge on any atom is -0.380 e. The Labute approximate surface area is 135 Å². The van der Waals surface area contributed by atoms with Gasteiger partial charge in [0.2, 0.25) is 5.91 Å². The van der Waals surface area contributed by atoms with Crippen LogP contribution in [0.2, 0.25) is 0 Å². The van der Waals surface area contributed by atoms with Crippen LogP contribution in [0.3, 0.4) is 0 Å². The molecule has 0 radical (unpaired) electrons. The van der Waals surface area contributed by atoms with E-state index >= 15 is 0 Å². The van der Waals surface area contributed by atoms with Crippen molar-refractivity contribution in [2.24, 2.45) is 5.73 Å². The third-order valence-electron chi connectivity index (χ3n) is 3.67. The Hall–Kier alpha value is -1.96. The Balaban J connectivity index is 1.84. The monoisotopic (exact) mass is 321 g/mol. The van der Waals surface area contributed by atoms with Gasteiger partial charge in [-0.25, -0.2) is 0 Å². The van der Waals surface area contributed by atoms with E-state index in [2.05, 4.69) is 10.6 Å². The zero-order valence-corrected chi connectivity index (χ0v) is 13.2. The number of carbonyl (C=O) groups is 2. The maximum Gasteiger partial charge on any atom is 0.253 e. The van der Waals surface area contributed by atoms with Gasteiger partial charge in [0.1, 0.15) is 6.10 Å². The van der Waals surface area contributed by atoms with Crippen molar-refractivity contribution in [2.45, 2.75) is 31.5 Å². The third-order valence-corrected chi connectivity index (χ3v) is 3.67. The summed E-state index contributed by atoms with van der Waals surface area (Å²) in [5.74, 6) is -0.302. The number of hydrogen-bond donors (Lipinski definition) is 3. The highest BCUT2D eigenvalue weighted by atomic mass is 16.5. The molecule has 1 aromatic rings. The Morgan fingerprint density at radius 3 is 2.48 bits per heavy atom. The second kappa shape index (κ2) is 8.61. The maximum atomic E-state index is 11.9. The van der Waals surface area contributed by atoms with Gasteiger partial charge in [0.05, 0.1) is 12.5 Å². The molecule has 0 saturated carbocycles. The van der Waals surface area contributed by atoms with Crippen molar-refractivity contribution in [3.8, 4) is 0 Å². The Kier molecular flexibility index (Phi) is 6.52. The van der Waals surface area contributed by atoms with Gasteiger partial charge in [0, 0.05) is 31.6 Å². The lowest BCUT2D eigenvalue weighted by Gasteiger charge is -2.13. The molecule has 2 amide bonds. The molecule has 2 unspecified atom stereocenters. The fourth-order valence-corrected chi connectivity index (χ4v) is 2.33. The fourth-order valence-electron chi connectivity index (χ4n) is 2.33. The predicted octanol–water partition coefficient (Wildman–Crippen LogP) is 1.11.